The van der Waals surface area contributed by atoms with E-state index in [9.17, 15) is 14.9 Å². The Morgan fingerprint density at radius 1 is 1.16 bits per heavy atom. The van der Waals surface area contributed by atoms with Gasteiger partial charge in [0.25, 0.3) is 0 Å². The number of methoxy groups -OCH3 is 2. The molecule has 4 rings (SSSR count). The zero-order valence-corrected chi connectivity index (χ0v) is 22.7. The summed E-state index contributed by atoms with van der Waals surface area (Å²) in [5.74, 6) is 0.359. The van der Waals surface area contributed by atoms with Crippen LogP contribution in [0.25, 0.3) is 0 Å². The van der Waals surface area contributed by atoms with Crippen molar-refractivity contribution in [3.63, 3.8) is 0 Å². The van der Waals surface area contributed by atoms with Gasteiger partial charge in [0, 0.05) is 28.4 Å². The highest BCUT2D eigenvalue weighted by atomic mass is 35.5. The number of benzene rings is 2. The van der Waals surface area contributed by atoms with E-state index in [0.717, 1.165) is 11.3 Å². The first-order valence-electron chi connectivity index (χ1n) is 11.7. The quantitative estimate of drug-likeness (QED) is 0.460. The van der Waals surface area contributed by atoms with Crippen molar-refractivity contribution < 1.29 is 19.1 Å². The van der Waals surface area contributed by atoms with Crippen LogP contribution in [0.15, 0.2) is 64.3 Å². The second-order valence-electron chi connectivity index (χ2n) is 9.70. The summed E-state index contributed by atoms with van der Waals surface area (Å²) in [5, 5.41) is 17.6. The smallest absolute Gasteiger partial charge is 0.234 e. The Morgan fingerprint density at radius 3 is 2.51 bits per heavy atom. The number of carbonyl (C=O) groups is 2. The molecule has 1 aliphatic heterocycles. The van der Waals surface area contributed by atoms with Crippen LogP contribution in [-0.4, -0.2) is 31.7 Å². The molecule has 0 aromatic heterocycles. The molecule has 192 valence electrons. The van der Waals surface area contributed by atoms with Crippen molar-refractivity contribution in [2.45, 2.75) is 32.6 Å². The molecule has 1 amide bonds. The minimum Gasteiger partial charge on any atom is -0.493 e. The lowest BCUT2D eigenvalue weighted by Gasteiger charge is -2.39. The van der Waals surface area contributed by atoms with E-state index in [1.165, 1.54) is 11.8 Å². The predicted molar refractivity (Wildman–Crippen MR) is 146 cm³/mol. The minimum absolute atomic E-state index is 0.0100. The summed E-state index contributed by atoms with van der Waals surface area (Å²) in [6.45, 7) is 4.11. The maximum Gasteiger partial charge on any atom is 0.234 e. The highest BCUT2D eigenvalue weighted by Gasteiger charge is 2.42. The number of hydrogen-bond acceptors (Lipinski definition) is 7. The number of allylic oxidation sites excluding steroid dienone is 3. The Bertz CT molecular complexity index is 1340. The van der Waals surface area contributed by atoms with E-state index in [-0.39, 0.29) is 22.9 Å². The molecule has 0 unspecified atom stereocenters. The fourth-order valence-corrected chi connectivity index (χ4v) is 5.71. The number of nitrogens with one attached hydrogen (secondary N) is 2. The van der Waals surface area contributed by atoms with E-state index in [0.29, 0.717) is 51.2 Å². The molecule has 1 aliphatic carbocycles. The molecule has 1 heterocycles. The Kier molecular flexibility index (Phi) is 7.86. The van der Waals surface area contributed by atoms with Crippen molar-refractivity contribution in [3.8, 4) is 17.6 Å². The summed E-state index contributed by atoms with van der Waals surface area (Å²) in [5.41, 5.74) is 2.94. The second kappa shape index (κ2) is 10.9. The number of hydrogen-bond donors (Lipinski definition) is 2. The molecule has 2 aromatic carbocycles. The summed E-state index contributed by atoms with van der Waals surface area (Å²) < 4.78 is 10.9. The van der Waals surface area contributed by atoms with Crippen LogP contribution in [0.3, 0.4) is 0 Å². The van der Waals surface area contributed by atoms with Crippen molar-refractivity contribution in [3.05, 3.63) is 74.9 Å². The number of thioether (sulfide) groups is 1. The molecule has 0 fully saturated rings. The fourth-order valence-electron chi connectivity index (χ4n) is 4.72. The van der Waals surface area contributed by atoms with E-state index < -0.39 is 5.92 Å². The molecule has 0 radical (unpaired) electrons. The molecule has 2 aliphatic rings. The number of rotatable bonds is 7. The molecule has 0 spiro atoms. The highest BCUT2D eigenvalue weighted by molar-refractivity contribution is 8.03. The van der Waals surface area contributed by atoms with E-state index in [1.54, 1.807) is 50.6 Å². The number of ketones is 1. The van der Waals surface area contributed by atoms with E-state index >= 15 is 0 Å². The van der Waals surface area contributed by atoms with Crippen molar-refractivity contribution in [1.82, 2.24) is 5.32 Å². The maximum atomic E-state index is 13.4. The highest BCUT2D eigenvalue weighted by Crippen LogP contribution is 2.48. The first-order chi connectivity index (χ1) is 17.7. The SMILES string of the molecule is COc1ccc([C@H]2C(C#N)=C(SCC(=O)Nc3ccc(Cl)cc3)NC3=C2C(=O)CC(C)(C)C3)cc1OC. The molecule has 0 saturated heterocycles. The van der Waals surface area contributed by atoms with Crippen LogP contribution < -0.4 is 20.1 Å². The van der Waals surface area contributed by atoms with Gasteiger partial charge in [0.05, 0.1) is 42.6 Å². The van der Waals surface area contributed by atoms with Gasteiger partial charge >= 0.3 is 0 Å². The standard InChI is InChI=1S/C28H28ClN3O4S/c1-28(2)12-20-26(21(33)13-28)25(16-5-10-22(35-3)23(11-16)36-4)19(14-30)27(32-20)37-15-24(34)31-18-8-6-17(29)7-9-18/h5-11,25,32H,12-13,15H2,1-4H3,(H,31,34)/t25-/m0/s1. The molecule has 1 atom stereocenters. The van der Waals surface area contributed by atoms with Crippen molar-refractivity contribution >= 4 is 40.7 Å². The zero-order chi connectivity index (χ0) is 26.7. The molecular weight excluding hydrogens is 510 g/mol. The Morgan fingerprint density at radius 2 is 1.86 bits per heavy atom. The summed E-state index contributed by atoms with van der Waals surface area (Å²) in [4.78, 5) is 26.1. The maximum absolute atomic E-state index is 13.4. The van der Waals surface area contributed by atoms with Gasteiger partial charge in [0.15, 0.2) is 17.3 Å². The summed E-state index contributed by atoms with van der Waals surface area (Å²) in [7, 11) is 3.10. The number of amides is 1. The molecule has 0 saturated carbocycles. The van der Waals surface area contributed by atoms with Gasteiger partial charge in [-0.1, -0.05) is 43.3 Å². The number of Topliss-reactive ketones (excluding diaryl/α,β-unsaturated/α-hetero) is 1. The largest absolute Gasteiger partial charge is 0.493 e. The van der Waals surface area contributed by atoms with Gasteiger partial charge < -0.3 is 20.1 Å². The van der Waals surface area contributed by atoms with Crippen LogP contribution in [0.1, 0.15) is 38.2 Å². The van der Waals surface area contributed by atoms with E-state index in [1.807, 2.05) is 6.07 Å². The van der Waals surface area contributed by atoms with Crippen LogP contribution in [0, 0.1) is 16.7 Å². The predicted octanol–water partition coefficient (Wildman–Crippen LogP) is 5.79. The number of halogens is 1. The third-order valence-electron chi connectivity index (χ3n) is 6.34. The molecule has 0 bridgehead atoms. The van der Waals surface area contributed by atoms with Crippen LogP contribution >= 0.6 is 23.4 Å². The van der Waals surface area contributed by atoms with Crippen molar-refractivity contribution in [2.75, 3.05) is 25.3 Å². The van der Waals surface area contributed by atoms with Crippen molar-refractivity contribution in [1.29, 1.82) is 5.26 Å². The molecule has 9 heteroatoms. The molecule has 7 nitrogen and oxygen atoms in total. The van der Waals surface area contributed by atoms with Crippen LogP contribution in [-0.2, 0) is 9.59 Å². The van der Waals surface area contributed by atoms with Crippen LogP contribution in [0.2, 0.25) is 5.02 Å². The fraction of sp³-hybridized carbons (Fsp3) is 0.321. The normalized spacial score (nSPS) is 18.5. The minimum atomic E-state index is -0.577. The van der Waals surface area contributed by atoms with Gasteiger partial charge in [-0.25, -0.2) is 0 Å². The molecular formula is C28H28ClN3O4S. The van der Waals surface area contributed by atoms with Gasteiger partial charge in [-0.3, -0.25) is 9.59 Å². The van der Waals surface area contributed by atoms with Gasteiger partial charge in [-0.05, 0) is 53.8 Å². The van der Waals surface area contributed by atoms with Gasteiger partial charge in [-0.2, -0.15) is 5.26 Å². The summed E-state index contributed by atoms with van der Waals surface area (Å²) in [6, 6.07) is 14.6. The van der Waals surface area contributed by atoms with Crippen LogP contribution in [0.5, 0.6) is 11.5 Å². The second-order valence-corrected chi connectivity index (χ2v) is 11.1. The molecule has 37 heavy (non-hydrogen) atoms. The number of ether oxygens (including phenoxy) is 2. The zero-order valence-electron chi connectivity index (χ0n) is 21.1. The number of nitrogens with zero attached hydrogens (tertiary/aromatic N) is 1. The van der Waals surface area contributed by atoms with Crippen LogP contribution in [0.4, 0.5) is 5.69 Å². The lowest BCUT2D eigenvalue weighted by molar-refractivity contribution is -0.118. The third kappa shape index (κ3) is 5.79. The lowest BCUT2D eigenvalue weighted by atomic mass is 9.69. The average molecular weight is 538 g/mol. The first-order valence-corrected chi connectivity index (χ1v) is 13.1. The lowest BCUT2D eigenvalue weighted by Crippen LogP contribution is -2.37. The Hall–Kier alpha value is -3.41. The topological polar surface area (TPSA) is 100 Å². The van der Waals surface area contributed by atoms with E-state index in [4.69, 9.17) is 21.1 Å². The van der Waals surface area contributed by atoms with Crippen molar-refractivity contribution in [2.24, 2.45) is 5.41 Å². The molecule has 2 aromatic rings. The van der Waals surface area contributed by atoms with Gasteiger partial charge in [0.2, 0.25) is 5.91 Å². The third-order valence-corrected chi connectivity index (χ3v) is 7.61. The summed E-state index contributed by atoms with van der Waals surface area (Å²) in [6.07, 6.45) is 1.04. The number of nitriles is 1. The number of dihydropyridines is 1. The number of anilines is 1. The number of carbonyl (C=O) groups excluding carboxylic acids is 2. The average Bonchev–Trinajstić information content (AvgIpc) is 2.86. The monoisotopic (exact) mass is 537 g/mol. The Balaban J connectivity index is 1.69. The van der Waals surface area contributed by atoms with Gasteiger partial charge in [0.1, 0.15) is 0 Å². The van der Waals surface area contributed by atoms with Gasteiger partial charge in [-0.15, -0.1) is 0 Å². The first kappa shape index (κ1) is 26.6. The summed E-state index contributed by atoms with van der Waals surface area (Å²) >= 11 is 7.16. The Labute approximate surface area is 225 Å². The molecule has 2 N–H and O–H groups in total. The van der Waals surface area contributed by atoms with E-state index in [2.05, 4.69) is 30.6 Å².